The highest BCUT2D eigenvalue weighted by Crippen LogP contribution is 2.30. The number of para-hydroxylation sites is 1. The van der Waals surface area contributed by atoms with Gasteiger partial charge in [-0.1, -0.05) is 37.4 Å². The Balaban J connectivity index is 2.08. The molecule has 0 aliphatic carbocycles. The van der Waals surface area contributed by atoms with Gasteiger partial charge in [0.05, 0.1) is 22.1 Å². The first-order chi connectivity index (χ1) is 9.81. The summed E-state index contributed by atoms with van der Waals surface area (Å²) in [7, 11) is 0. The molecule has 3 nitrogen and oxygen atoms in total. The second kappa shape index (κ2) is 6.15. The van der Waals surface area contributed by atoms with Gasteiger partial charge in [-0.05, 0) is 37.9 Å². The molecule has 1 aromatic heterocycles. The molecule has 3 rings (SSSR count). The van der Waals surface area contributed by atoms with Gasteiger partial charge in [-0.15, -0.1) is 0 Å². The molecule has 0 amide bonds. The molecule has 2 aromatic rings. The van der Waals surface area contributed by atoms with Crippen LogP contribution in [0.1, 0.15) is 50.9 Å². The van der Waals surface area contributed by atoms with Crippen molar-refractivity contribution in [1.29, 1.82) is 0 Å². The maximum absolute atomic E-state index is 6.40. The van der Waals surface area contributed by atoms with Crippen LogP contribution in [0.25, 0.3) is 11.0 Å². The van der Waals surface area contributed by atoms with Crippen LogP contribution in [0, 0.1) is 0 Å². The van der Waals surface area contributed by atoms with Crippen molar-refractivity contribution in [3.05, 3.63) is 29.0 Å². The standard InChI is InChI=1S/C16H22ClN3/c1-2-11-20-15-12(17)7-6-9-13(15)19-16(20)14-8-4-3-5-10-18-14/h6-7,9,14,18H,2-5,8,10-11H2,1H3. The van der Waals surface area contributed by atoms with Gasteiger partial charge < -0.3 is 9.88 Å². The van der Waals surface area contributed by atoms with Gasteiger partial charge in [-0.25, -0.2) is 4.98 Å². The molecule has 1 aliphatic rings. The smallest absolute Gasteiger partial charge is 0.127 e. The van der Waals surface area contributed by atoms with E-state index in [9.17, 15) is 0 Å². The summed E-state index contributed by atoms with van der Waals surface area (Å²) >= 11 is 6.40. The van der Waals surface area contributed by atoms with Crippen LogP contribution >= 0.6 is 11.6 Å². The minimum absolute atomic E-state index is 0.368. The van der Waals surface area contributed by atoms with Crippen LogP contribution in [-0.4, -0.2) is 16.1 Å². The fourth-order valence-electron chi connectivity index (χ4n) is 3.12. The monoisotopic (exact) mass is 291 g/mol. The van der Waals surface area contributed by atoms with E-state index in [0.29, 0.717) is 6.04 Å². The first-order valence-corrected chi connectivity index (χ1v) is 8.07. The molecule has 1 fully saturated rings. The molecule has 1 aromatic carbocycles. The van der Waals surface area contributed by atoms with Crippen molar-refractivity contribution in [2.24, 2.45) is 0 Å². The van der Waals surface area contributed by atoms with Crippen LogP contribution < -0.4 is 5.32 Å². The van der Waals surface area contributed by atoms with Crippen LogP contribution in [-0.2, 0) is 6.54 Å². The molecule has 1 N–H and O–H groups in total. The van der Waals surface area contributed by atoms with E-state index in [-0.39, 0.29) is 0 Å². The first-order valence-electron chi connectivity index (χ1n) is 7.69. The minimum Gasteiger partial charge on any atom is -0.325 e. The molecule has 108 valence electrons. The molecule has 20 heavy (non-hydrogen) atoms. The summed E-state index contributed by atoms with van der Waals surface area (Å²) in [6.45, 7) is 4.27. The predicted molar refractivity (Wildman–Crippen MR) is 84.2 cm³/mol. The second-order valence-electron chi connectivity index (χ2n) is 5.59. The van der Waals surface area contributed by atoms with Gasteiger partial charge in [0.25, 0.3) is 0 Å². The third-order valence-electron chi connectivity index (χ3n) is 4.07. The Bertz CT molecular complexity index is 583. The molecule has 0 bridgehead atoms. The Kier molecular flexibility index (Phi) is 4.27. The van der Waals surface area contributed by atoms with E-state index in [1.807, 2.05) is 12.1 Å². The van der Waals surface area contributed by atoms with E-state index >= 15 is 0 Å². The summed E-state index contributed by atoms with van der Waals surface area (Å²) in [6, 6.07) is 6.38. The lowest BCUT2D eigenvalue weighted by molar-refractivity contribution is 0.480. The fraction of sp³-hybridized carbons (Fsp3) is 0.562. The zero-order chi connectivity index (χ0) is 13.9. The molecule has 0 radical (unpaired) electrons. The molecule has 1 aliphatic heterocycles. The number of benzene rings is 1. The average molecular weight is 292 g/mol. The van der Waals surface area contributed by atoms with Crippen molar-refractivity contribution in [2.75, 3.05) is 6.54 Å². The van der Waals surface area contributed by atoms with E-state index in [1.165, 1.54) is 25.7 Å². The van der Waals surface area contributed by atoms with Crippen LogP contribution in [0.2, 0.25) is 5.02 Å². The van der Waals surface area contributed by atoms with Gasteiger partial charge in [0.15, 0.2) is 0 Å². The number of nitrogens with one attached hydrogen (secondary N) is 1. The Hall–Kier alpha value is -1.06. The largest absolute Gasteiger partial charge is 0.325 e. The van der Waals surface area contributed by atoms with Crippen LogP contribution in [0.4, 0.5) is 0 Å². The van der Waals surface area contributed by atoms with Gasteiger partial charge in [-0.2, -0.15) is 0 Å². The van der Waals surface area contributed by atoms with E-state index in [4.69, 9.17) is 16.6 Å². The molecular formula is C16H22ClN3. The number of imidazole rings is 1. The van der Waals surface area contributed by atoms with Crippen molar-refractivity contribution in [1.82, 2.24) is 14.9 Å². The van der Waals surface area contributed by atoms with Crippen LogP contribution in [0.15, 0.2) is 18.2 Å². The minimum atomic E-state index is 0.368. The number of halogens is 1. The van der Waals surface area contributed by atoms with E-state index < -0.39 is 0 Å². The third kappa shape index (κ3) is 2.57. The molecule has 4 heteroatoms. The van der Waals surface area contributed by atoms with Crippen LogP contribution in [0.3, 0.4) is 0 Å². The lowest BCUT2D eigenvalue weighted by Gasteiger charge is -2.17. The van der Waals surface area contributed by atoms with Crippen molar-refractivity contribution in [2.45, 2.75) is 51.6 Å². The summed E-state index contributed by atoms with van der Waals surface area (Å²) in [6.07, 6.45) is 6.13. The lowest BCUT2D eigenvalue weighted by atomic mass is 10.1. The van der Waals surface area contributed by atoms with E-state index in [2.05, 4.69) is 22.9 Å². The zero-order valence-corrected chi connectivity index (χ0v) is 12.8. The van der Waals surface area contributed by atoms with Crippen molar-refractivity contribution < 1.29 is 0 Å². The summed E-state index contributed by atoms with van der Waals surface area (Å²) in [5, 5.41) is 4.46. The van der Waals surface area contributed by atoms with Crippen LogP contribution in [0.5, 0.6) is 0 Å². The van der Waals surface area contributed by atoms with Gasteiger partial charge in [0, 0.05) is 6.54 Å². The highest BCUT2D eigenvalue weighted by Gasteiger charge is 2.21. The highest BCUT2D eigenvalue weighted by atomic mass is 35.5. The van der Waals surface area contributed by atoms with E-state index in [0.717, 1.165) is 41.4 Å². The molecule has 0 spiro atoms. The van der Waals surface area contributed by atoms with Crippen molar-refractivity contribution in [3.63, 3.8) is 0 Å². The van der Waals surface area contributed by atoms with Gasteiger partial charge >= 0.3 is 0 Å². The maximum Gasteiger partial charge on any atom is 0.127 e. The number of nitrogens with zero attached hydrogens (tertiary/aromatic N) is 2. The molecule has 1 atom stereocenters. The fourth-order valence-corrected chi connectivity index (χ4v) is 3.40. The number of hydrogen-bond donors (Lipinski definition) is 1. The number of aromatic nitrogens is 2. The molecule has 1 saturated heterocycles. The Morgan fingerprint density at radius 1 is 1.35 bits per heavy atom. The highest BCUT2D eigenvalue weighted by molar-refractivity contribution is 6.35. The Labute approximate surface area is 125 Å². The molecule has 2 heterocycles. The summed E-state index contributed by atoms with van der Waals surface area (Å²) in [4.78, 5) is 4.87. The second-order valence-corrected chi connectivity index (χ2v) is 5.99. The third-order valence-corrected chi connectivity index (χ3v) is 4.37. The Morgan fingerprint density at radius 3 is 3.10 bits per heavy atom. The SMILES string of the molecule is CCCn1c(C2CCCCCN2)nc2cccc(Cl)c21. The van der Waals surface area contributed by atoms with Gasteiger partial charge in [-0.3, -0.25) is 0 Å². The molecule has 1 unspecified atom stereocenters. The number of fused-ring (bicyclic) bond motifs is 1. The Morgan fingerprint density at radius 2 is 2.25 bits per heavy atom. The summed E-state index contributed by atoms with van der Waals surface area (Å²) in [5.41, 5.74) is 2.11. The maximum atomic E-state index is 6.40. The topological polar surface area (TPSA) is 29.9 Å². The van der Waals surface area contributed by atoms with Gasteiger partial charge in [0.2, 0.25) is 0 Å². The summed E-state index contributed by atoms with van der Waals surface area (Å²) in [5.74, 6) is 1.16. The molecular weight excluding hydrogens is 270 g/mol. The quantitative estimate of drug-likeness (QED) is 0.913. The van der Waals surface area contributed by atoms with E-state index in [1.54, 1.807) is 0 Å². The molecule has 0 saturated carbocycles. The normalized spacial score (nSPS) is 20.2. The average Bonchev–Trinajstić information content (AvgIpc) is 2.63. The number of hydrogen-bond acceptors (Lipinski definition) is 2. The summed E-state index contributed by atoms with van der Waals surface area (Å²) < 4.78 is 2.32. The predicted octanol–water partition coefficient (Wildman–Crippen LogP) is 4.30. The number of rotatable bonds is 3. The lowest BCUT2D eigenvalue weighted by Crippen LogP contribution is -2.24. The first kappa shape index (κ1) is 13.9. The van der Waals surface area contributed by atoms with Gasteiger partial charge in [0.1, 0.15) is 5.82 Å². The van der Waals surface area contributed by atoms with Crippen molar-refractivity contribution >= 4 is 22.6 Å². The zero-order valence-electron chi connectivity index (χ0n) is 12.0. The van der Waals surface area contributed by atoms with Crippen molar-refractivity contribution in [3.8, 4) is 0 Å². The number of aryl methyl sites for hydroxylation is 1.